The molecule has 0 aliphatic carbocycles. The summed E-state index contributed by atoms with van der Waals surface area (Å²) in [5.74, 6) is 0.0699. The van der Waals surface area contributed by atoms with E-state index in [1.54, 1.807) is 22.7 Å². The third-order valence-electron chi connectivity index (χ3n) is 4.16. The van der Waals surface area contributed by atoms with Gasteiger partial charge in [0.15, 0.2) is 6.54 Å². The van der Waals surface area contributed by atoms with E-state index in [4.69, 9.17) is 0 Å². The number of carbonyl (C=O) groups excluding carboxylic acids is 1. The van der Waals surface area contributed by atoms with E-state index in [0.717, 1.165) is 29.9 Å². The van der Waals surface area contributed by atoms with Crippen LogP contribution in [0.4, 0.5) is 5.69 Å². The van der Waals surface area contributed by atoms with Crippen molar-refractivity contribution in [3.63, 3.8) is 0 Å². The Morgan fingerprint density at radius 1 is 0.920 bits per heavy atom. The number of hydrogen-bond acceptors (Lipinski definition) is 3. The van der Waals surface area contributed by atoms with Crippen molar-refractivity contribution in [3.8, 4) is 0 Å². The van der Waals surface area contributed by atoms with Gasteiger partial charge in [-0.25, -0.2) is 0 Å². The van der Waals surface area contributed by atoms with Gasteiger partial charge in [-0.2, -0.15) is 0 Å². The molecule has 3 aromatic rings. The van der Waals surface area contributed by atoms with Crippen molar-refractivity contribution < 1.29 is 9.69 Å². The standard InChI is InChI=1S/C20H22N2OS2/c1-15-6-3-7-16(2)20(15)21-19(23)14-22(12-17-8-4-10-24-17)13-18-9-5-11-25-18/h3-11H,12-14H2,1-2H3,(H,21,23)/p+1. The zero-order valence-electron chi connectivity index (χ0n) is 14.5. The maximum atomic E-state index is 12.7. The van der Waals surface area contributed by atoms with Crippen LogP contribution in [0.25, 0.3) is 0 Å². The summed E-state index contributed by atoms with van der Waals surface area (Å²) in [4.78, 5) is 16.5. The molecule has 2 heterocycles. The highest BCUT2D eigenvalue weighted by molar-refractivity contribution is 7.10. The minimum atomic E-state index is 0.0699. The fourth-order valence-corrected chi connectivity index (χ4v) is 4.48. The van der Waals surface area contributed by atoms with Gasteiger partial charge in [0, 0.05) is 5.69 Å². The van der Waals surface area contributed by atoms with Gasteiger partial charge in [-0.05, 0) is 47.9 Å². The number of aryl methyl sites for hydroxylation is 2. The third kappa shape index (κ3) is 5.01. The summed E-state index contributed by atoms with van der Waals surface area (Å²) in [7, 11) is 0. The highest BCUT2D eigenvalue weighted by atomic mass is 32.1. The highest BCUT2D eigenvalue weighted by Crippen LogP contribution is 2.19. The van der Waals surface area contributed by atoms with Crippen LogP contribution in [0.15, 0.2) is 53.2 Å². The van der Waals surface area contributed by atoms with Gasteiger partial charge in [-0.15, -0.1) is 22.7 Å². The molecule has 2 N–H and O–H groups in total. The Balaban J connectivity index is 1.69. The lowest BCUT2D eigenvalue weighted by atomic mass is 10.1. The Morgan fingerprint density at radius 2 is 1.48 bits per heavy atom. The van der Waals surface area contributed by atoms with Crippen LogP contribution in [0.3, 0.4) is 0 Å². The van der Waals surface area contributed by atoms with E-state index >= 15 is 0 Å². The normalized spacial score (nSPS) is 11.0. The second-order valence-corrected chi connectivity index (χ2v) is 8.32. The number of amides is 1. The van der Waals surface area contributed by atoms with Crippen LogP contribution in [-0.2, 0) is 17.9 Å². The van der Waals surface area contributed by atoms with E-state index < -0.39 is 0 Å². The highest BCUT2D eigenvalue weighted by Gasteiger charge is 2.18. The Kier molecular flexibility index (Phi) is 6.02. The molecule has 0 spiro atoms. The number of carbonyl (C=O) groups is 1. The number of hydrogen-bond donors (Lipinski definition) is 2. The summed E-state index contributed by atoms with van der Waals surface area (Å²) >= 11 is 3.50. The Hall–Kier alpha value is -1.95. The summed E-state index contributed by atoms with van der Waals surface area (Å²) in [6.45, 7) is 6.27. The smallest absolute Gasteiger partial charge is 0.279 e. The number of quaternary nitrogens is 1. The van der Waals surface area contributed by atoms with Crippen molar-refractivity contribution in [3.05, 3.63) is 74.1 Å². The van der Waals surface area contributed by atoms with Gasteiger partial charge in [0.2, 0.25) is 0 Å². The number of rotatable bonds is 7. The maximum Gasteiger partial charge on any atom is 0.279 e. The Bertz CT molecular complexity index is 754. The van der Waals surface area contributed by atoms with Crippen LogP contribution in [0.2, 0.25) is 0 Å². The summed E-state index contributed by atoms with van der Waals surface area (Å²) in [6.07, 6.45) is 0. The molecule has 5 heteroatoms. The second-order valence-electron chi connectivity index (χ2n) is 6.25. The van der Waals surface area contributed by atoms with Crippen LogP contribution in [0, 0.1) is 13.8 Å². The van der Waals surface area contributed by atoms with E-state index in [2.05, 4.69) is 40.3 Å². The quantitative estimate of drug-likeness (QED) is 0.653. The van der Waals surface area contributed by atoms with Gasteiger partial charge in [-0.3, -0.25) is 4.79 Å². The summed E-state index contributed by atoms with van der Waals surface area (Å²) in [5, 5.41) is 7.30. The van der Waals surface area contributed by atoms with Gasteiger partial charge < -0.3 is 10.2 Å². The van der Waals surface area contributed by atoms with Crippen molar-refractivity contribution >= 4 is 34.3 Å². The molecule has 0 saturated carbocycles. The molecular formula is C20H23N2OS2+. The van der Waals surface area contributed by atoms with Gasteiger partial charge in [0.1, 0.15) is 13.1 Å². The second kappa shape index (κ2) is 8.43. The lowest BCUT2D eigenvalue weighted by Gasteiger charge is -2.19. The fraction of sp³-hybridized carbons (Fsp3) is 0.250. The topological polar surface area (TPSA) is 33.5 Å². The van der Waals surface area contributed by atoms with Crippen molar-refractivity contribution in [2.75, 3.05) is 11.9 Å². The molecule has 0 aliphatic rings. The minimum absolute atomic E-state index is 0.0699. The molecule has 0 unspecified atom stereocenters. The number of anilines is 1. The van der Waals surface area contributed by atoms with E-state index in [1.165, 1.54) is 14.7 Å². The lowest BCUT2D eigenvalue weighted by molar-refractivity contribution is -0.918. The van der Waals surface area contributed by atoms with Crippen LogP contribution >= 0.6 is 22.7 Å². The van der Waals surface area contributed by atoms with Crippen molar-refractivity contribution in [2.24, 2.45) is 0 Å². The minimum Gasteiger partial charge on any atom is -0.321 e. The third-order valence-corrected chi connectivity index (χ3v) is 5.92. The van der Waals surface area contributed by atoms with E-state index in [-0.39, 0.29) is 5.91 Å². The fourth-order valence-electron chi connectivity index (χ4n) is 2.93. The van der Waals surface area contributed by atoms with E-state index in [1.807, 2.05) is 32.0 Å². The Morgan fingerprint density at radius 3 is 1.96 bits per heavy atom. The van der Waals surface area contributed by atoms with Crippen LogP contribution in [0.1, 0.15) is 20.9 Å². The molecular weight excluding hydrogens is 348 g/mol. The number of nitrogens with one attached hydrogen (secondary N) is 2. The summed E-state index contributed by atoms with van der Waals surface area (Å²) < 4.78 is 0. The molecule has 0 atom stereocenters. The molecule has 3 rings (SSSR count). The van der Waals surface area contributed by atoms with Gasteiger partial charge in [-0.1, -0.05) is 30.3 Å². The van der Waals surface area contributed by atoms with Crippen molar-refractivity contribution in [2.45, 2.75) is 26.9 Å². The average molecular weight is 372 g/mol. The molecule has 130 valence electrons. The molecule has 0 aliphatic heterocycles. The molecule has 1 amide bonds. The van der Waals surface area contributed by atoms with E-state index in [9.17, 15) is 4.79 Å². The van der Waals surface area contributed by atoms with Crippen LogP contribution in [0.5, 0.6) is 0 Å². The zero-order chi connectivity index (χ0) is 17.6. The Labute approximate surface area is 156 Å². The predicted octanol–water partition coefficient (Wildman–Crippen LogP) is 3.65. The van der Waals surface area contributed by atoms with Crippen LogP contribution < -0.4 is 10.2 Å². The molecule has 0 radical (unpaired) electrons. The molecule has 2 aromatic heterocycles. The maximum absolute atomic E-state index is 12.7. The van der Waals surface area contributed by atoms with Gasteiger partial charge in [0.05, 0.1) is 9.75 Å². The first-order chi connectivity index (χ1) is 12.1. The zero-order valence-corrected chi connectivity index (χ0v) is 16.2. The molecule has 3 nitrogen and oxygen atoms in total. The molecule has 0 saturated heterocycles. The lowest BCUT2D eigenvalue weighted by Crippen LogP contribution is -3.10. The average Bonchev–Trinajstić information content (AvgIpc) is 3.25. The van der Waals surface area contributed by atoms with Gasteiger partial charge >= 0.3 is 0 Å². The van der Waals surface area contributed by atoms with E-state index in [0.29, 0.717) is 6.54 Å². The first kappa shape index (κ1) is 17.9. The first-order valence-electron chi connectivity index (χ1n) is 8.36. The number of para-hydroxylation sites is 1. The van der Waals surface area contributed by atoms with Crippen molar-refractivity contribution in [1.29, 1.82) is 0 Å². The van der Waals surface area contributed by atoms with Crippen molar-refractivity contribution in [1.82, 2.24) is 0 Å². The SMILES string of the molecule is Cc1cccc(C)c1NC(=O)C[NH+](Cc1cccs1)Cc1cccs1. The first-order valence-corrected chi connectivity index (χ1v) is 10.1. The monoisotopic (exact) mass is 371 g/mol. The van der Waals surface area contributed by atoms with Crippen LogP contribution in [-0.4, -0.2) is 12.5 Å². The molecule has 25 heavy (non-hydrogen) atoms. The predicted molar refractivity (Wildman–Crippen MR) is 106 cm³/mol. The summed E-state index contributed by atoms with van der Waals surface area (Å²) in [5.41, 5.74) is 3.15. The number of thiophene rings is 2. The molecule has 1 aromatic carbocycles. The summed E-state index contributed by atoms with van der Waals surface area (Å²) in [6, 6.07) is 14.5. The molecule has 0 bridgehead atoms. The molecule has 0 fully saturated rings. The largest absolute Gasteiger partial charge is 0.321 e. The van der Waals surface area contributed by atoms with Gasteiger partial charge in [0.25, 0.3) is 5.91 Å². The number of benzene rings is 1.